The van der Waals surface area contributed by atoms with Crippen LogP contribution >= 0.6 is 11.8 Å². The number of alkyl carbamates (subject to hydrolysis) is 1. The number of β-lactam (4-membered cyclic amide) rings is 1. The lowest BCUT2D eigenvalue weighted by Gasteiger charge is -2.51. The quantitative estimate of drug-likeness (QED) is 0.446. The van der Waals surface area contributed by atoms with Crippen molar-refractivity contribution in [2.24, 2.45) is 0 Å². The predicted octanol–water partition coefficient (Wildman–Crippen LogP) is 0.254. The van der Waals surface area contributed by atoms with Gasteiger partial charge in [-0.15, -0.1) is 11.8 Å². The predicted molar refractivity (Wildman–Crippen MR) is 118 cm³/mol. The molecule has 2 heterocycles. The fourth-order valence-corrected chi connectivity index (χ4v) is 4.63. The number of thioether (sulfide) groups is 1. The number of hydrogen-bond acceptors (Lipinski definition) is 7. The maximum Gasteiger partial charge on any atom is 0.407 e. The standard InChI is InChI=1S/C21H26N4O6S/c1-24(2)9-8-22-21(30)31-11-14-12-32-19-16(18(27)25(19)17(14)20(28)29)23-15(26)10-13-6-4-3-5-7-13/h3-7,12,16-17,19H,8-11H2,1-2H3,(H,22,30)(H,23,26)(H,28,29)/t16?,17?,19-/m1/s1. The number of carbonyl (C=O) groups is 4. The average Bonchev–Trinajstić information content (AvgIpc) is 2.75. The normalized spacial score (nSPS) is 21.8. The number of carboxylic acids is 1. The van der Waals surface area contributed by atoms with Crippen LogP contribution in [0.15, 0.2) is 41.3 Å². The molecule has 1 fully saturated rings. The van der Waals surface area contributed by atoms with Gasteiger partial charge >= 0.3 is 12.1 Å². The molecule has 11 heteroatoms. The van der Waals surface area contributed by atoms with Gasteiger partial charge in [-0.3, -0.25) is 9.59 Å². The number of likely N-dealkylation sites (N-methyl/N-ethyl adjacent to an activating group) is 1. The highest BCUT2D eigenvalue weighted by molar-refractivity contribution is 8.02. The highest BCUT2D eigenvalue weighted by Gasteiger charge is 2.55. The summed E-state index contributed by atoms with van der Waals surface area (Å²) in [4.78, 5) is 51.8. The Kier molecular flexibility index (Phi) is 7.75. The molecule has 32 heavy (non-hydrogen) atoms. The van der Waals surface area contributed by atoms with E-state index in [0.717, 1.165) is 5.56 Å². The summed E-state index contributed by atoms with van der Waals surface area (Å²) in [6.45, 7) is 0.769. The van der Waals surface area contributed by atoms with Gasteiger partial charge in [-0.2, -0.15) is 0 Å². The van der Waals surface area contributed by atoms with E-state index >= 15 is 0 Å². The van der Waals surface area contributed by atoms with E-state index in [1.54, 1.807) is 5.41 Å². The van der Waals surface area contributed by atoms with Crippen LogP contribution in [0.4, 0.5) is 4.79 Å². The summed E-state index contributed by atoms with van der Waals surface area (Å²) in [6.07, 6.45) is -0.535. The fraction of sp³-hybridized carbons (Fsp3) is 0.429. The van der Waals surface area contributed by atoms with E-state index in [1.165, 1.54) is 16.7 Å². The van der Waals surface area contributed by atoms with E-state index in [9.17, 15) is 24.3 Å². The molecule has 172 valence electrons. The molecule has 3 N–H and O–H groups in total. The molecule has 0 bridgehead atoms. The van der Waals surface area contributed by atoms with Crippen molar-refractivity contribution in [3.63, 3.8) is 0 Å². The Hall–Kier alpha value is -3.05. The van der Waals surface area contributed by atoms with Crippen molar-refractivity contribution >= 4 is 35.6 Å². The van der Waals surface area contributed by atoms with Gasteiger partial charge in [0.25, 0.3) is 0 Å². The van der Waals surface area contributed by atoms with Gasteiger partial charge in [-0.1, -0.05) is 30.3 Å². The maximum absolute atomic E-state index is 12.7. The first-order chi connectivity index (χ1) is 15.3. The van der Waals surface area contributed by atoms with Crippen molar-refractivity contribution < 1.29 is 29.0 Å². The summed E-state index contributed by atoms with van der Waals surface area (Å²) in [5.41, 5.74) is 1.11. The molecule has 3 rings (SSSR count). The van der Waals surface area contributed by atoms with E-state index < -0.39 is 35.4 Å². The summed E-state index contributed by atoms with van der Waals surface area (Å²) in [5, 5.41) is 16.0. The summed E-state index contributed by atoms with van der Waals surface area (Å²) < 4.78 is 5.12. The zero-order valence-corrected chi connectivity index (χ0v) is 18.6. The minimum atomic E-state index is -1.24. The van der Waals surface area contributed by atoms with Crippen molar-refractivity contribution in [2.75, 3.05) is 33.8 Å². The van der Waals surface area contributed by atoms with E-state index in [1.807, 2.05) is 49.3 Å². The first kappa shape index (κ1) is 23.6. The molecule has 1 aromatic rings. The second kappa shape index (κ2) is 10.5. The molecule has 2 aliphatic heterocycles. The van der Waals surface area contributed by atoms with Gasteiger partial charge < -0.3 is 30.3 Å². The highest BCUT2D eigenvalue weighted by Crippen LogP contribution is 2.40. The van der Waals surface area contributed by atoms with Crippen molar-refractivity contribution in [1.29, 1.82) is 0 Å². The van der Waals surface area contributed by atoms with Crippen LogP contribution in [0.3, 0.4) is 0 Å². The largest absolute Gasteiger partial charge is 0.479 e. The molecule has 10 nitrogen and oxygen atoms in total. The Morgan fingerprint density at radius 3 is 2.59 bits per heavy atom. The third-order valence-electron chi connectivity index (χ3n) is 5.02. The molecule has 2 aliphatic rings. The zero-order valence-electron chi connectivity index (χ0n) is 17.8. The van der Waals surface area contributed by atoms with Crippen molar-refractivity contribution in [3.8, 4) is 0 Å². The van der Waals surface area contributed by atoms with Crippen LogP contribution in [0, 0.1) is 0 Å². The summed E-state index contributed by atoms with van der Waals surface area (Å²) in [5.74, 6) is -2.01. The minimum absolute atomic E-state index is 0.127. The van der Waals surface area contributed by atoms with E-state index in [-0.39, 0.29) is 18.9 Å². The third-order valence-corrected chi connectivity index (χ3v) is 6.24. The Labute approximate surface area is 190 Å². The number of nitrogens with one attached hydrogen (secondary N) is 2. The number of rotatable bonds is 9. The lowest BCUT2D eigenvalue weighted by Crippen LogP contribution is -2.74. The second-order valence-corrected chi connectivity index (χ2v) is 8.71. The lowest BCUT2D eigenvalue weighted by molar-refractivity contribution is -0.160. The average molecular weight is 463 g/mol. The summed E-state index contributed by atoms with van der Waals surface area (Å²) in [7, 11) is 3.73. The number of carboxylic acid groups (broad SMARTS) is 1. The van der Waals surface area contributed by atoms with Crippen LogP contribution in [-0.2, 0) is 25.5 Å². The van der Waals surface area contributed by atoms with Crippen LogP contribution < -0.4 is 10.6 Å². The number of ether oxygens (including phenoxy) is 1. The first-order valence-corrected chi connectivity index (χ1v) is 11.0. The van der Waals surface area contributed by atoms with E-state index in [0.29, 0.717) is 18.7 Å². The number of hydrogen-bond donors (Lipinski definition) is 3. The molecular weight excluding hydrogens is 436 g/mol. The van der Waals surface area contributed by atoms with Gasteiger partial charge in [-0.05, 0) is 25.1 Å². The number of carbonyl (C=O) groups excluding carboxylic acids is 3. The molecular formula is C21H26N4O6S. The topological polar surface area (TPSA) is 128 Å². The Morgan fingerprint density at radius 2 is 1.94 bits per heavy atom. The molecule has 3 atom stereocenters. The molecule has 0 aromatic heterocycles. The molecule has 0 saturated carbocycles. The molecule has 0 radical (unpaired) electrons. The smallest absolute Gasteiger partial charge is 0.407 e. The number of nitrogens with zero attached hydrogens (tertiary/aromatic N) is 2. The van der Waals surface area contributed by atoms with Gasteiger partial charge in [0.1, 0.15) is 18.0 Å². The third kappa shape index (κ3) is 5.60. The van der Waals surface area contributed by atoms with Crippen molar-refractivity contribution in [3.05, 3.63) is 46.9 Å². The highest BCUT2D eigenvalue weighted by atomic mass is 32.2. The second-order valence-electron chi connectivity index (χ2n) is 7.72. The molecule has 3 amide bonds. The van der Waals surface area contributed by atoms with Crippen LogP contribution in [0.25, 0.3) is 0 Å². The van der Waals surface area contributed by atoms with Gasteiger partial charge in [0.05, 0.1) is 6.42 Å². The lowest BCUT2D eigenvalue weighted by atomic mass is 9.98. The van der Waals surface area contributed by atoms with E-state index in [2.05, 4.69) is 10.6 Å². The van der Waals surface area contributed by atoms with Crippen LogP contribution in [0.1, 0.15) is 5.56 Å². The van der Waals surface area contributed by atoms with Crippen LogP contribution in [0.5, 0.6) is 0 Å². The van der Waals surface area contributed by atoms with Crippen LogP contribution in [-0.4, -0.2) is 90.0 Å². The van der Waals surface area contributed by atoms with Crippen LogP contribution in [0.2, 0.25) is 0 Å². The van der Waals surface area contributed by atoms with Gasteiger partial charge in [0.15, 0.2) is 6.04 Å². The Morgan fingerprint density at radius 1 is 1.22 bits per heavy atom. The van der Waals surface area contributed by atoms with Crippen molar-refractivity contribution in [1.82, 2.24) is 20.4 Å². The molecule has 1 saturated heterocycles. The molecule has 0 spiro atoms. The summed E-state index contributed by atoms with van der Waals surface area (Å²) >= 11 is 1.22. The van der Waals surface area contributed by atoms with Crippen molar-refractivity contribution in [2.45, 2.75) is 23.9 Å². The molecule has 0 aliphatic carbocycles. The molecule has 2 unspecified atom stereocenters. The van der Waals surface area contributed by atoms with Gasteiger partial charge in [0, 0.05) is 18.7 Å². The minimum Gasteiger partial charge on any atom is -0.479 e. The molecule has 1 aromatic carbocycles. The number of benzene rings is 1. The van der Waals surface area contributed by atoms with E-state index in [4.69, 9.17) is 4.74 Å². The SMILES string of the molecule is CN(C)CCNC(=O)OCC1=CS[C@@H]2C(NC(=O)Cc3ccccc3)C(=O)N2C1C(=O)O. The maximum atomic E-state index is 12.7. The number of fused-ring (bicyclic) bond motifs is 1. The Balaban J connectivity index is 1.57. The van der Waals surface area contributed by atoms with Gasteiger partial charge in [-0.25, -0.2) is 9.59 Å². The Bertz CT molecular complexity index is 907. The number of aliphatic carboxylic acids is 1. The number of amides is 3. The first-order valence-electron chi connectivity index (χ1n) is 10.1. The fourth-order valence-electron chi connectivity index (χ4n) is 3.42. The zero-order chi connectivity index (χ0) is 23.3. The monoisotopic (exact) mass is 462 g/mol. The summed E-state index contributed by atoms with van der Waals surface area (Å²) in [6, 6.07) is 7.08. The van der Waals surface area contributed by atoms with Gasteiger partial charge in [0.2, 0.25) is 11.8 Å².